The molecule has 0 aromatic carbocycles. The monoisotopic (exact) mass is 359 g/mol. The average molecular weight is 359 g/mol. The minimum absolute atomic E-state index is 0. The third-order valence-electron chi connectivity index (χ3n) is 1.96. The van der Waals surface area contributed by atoms with Gasteiger partial charge in [0.15, 0.2) is 5.96 Å². The molecule has 0 radical (unpaired) electrons. The van der Waals surface area contributed by atoms with Crippen molar-refractivity contribution in [2.24, 2.45) is 4.99 Å². The van der Waals surface area contributed by atoms with Crippen LogP contribution >= 0.6 is 24.0 Å². The number of halogens is 1. The van der Waals surface area contributed by atoms with E-state index in [1.165, 1.54) is 0 Å². The molecule has 0 unspecified atom stereocenters. The lowest BCUT2D eigenvalue weighted by molar-refractivity contribution is 0.0698. The van der Waals surface area contributed by atoms with E-state index in [2.05, 4.69) is 22.5 Å². The quantitative estimate of drug-likeness (QED) is 0.282. The third-order valence-corrected chi connectivity index (χ3v) is 1.96. The lowest BCUT2D eigenvalue weighted by Gasteiger charge is -2.10. The van der Waals surface area contributed by atoms with E-state index in [1.807, 2.05) is 0 Å². The summed E-state index contributed by atoms with van der Waals surface area (Å²) < 4.78 is 10.2. The Kier molecular flexibility index (Phi) is 18.0. The molecule has 0 rings (SSSR count). The zero-order valence-corrected chi connectivity index (χ0v) is 13.5. The fourth-order valence-corrected chi connectivity index (χ4v) is 1.09. The van der Waals surface area contributed by atoms with Crippen molar-refractivity contribution in [1.82, 2.24) is 10.6 Å². The van der Waals surface area contributed by atoms with E-state index in [-0.39, 0.29) is 24.0 Å². The van der Waals surface area contributed by atoms with Gasteiger partial charge in [-0.1, -0.05) is 6.92 Å². The molecule has 0 saturated heterocycles. The first-order valence-electron chi connectivity index (χ1n) is 5.86. The second-order valence-electron chi connectivity index (χ2n) is 3.38. The van der Waals surface area contributed by atoms with Gasteiger partial charge >= 0.3 is 0 Å². The fourth-order valence-electron chi connectivity index (χ4n) is 1.09. The van der Waals surface area contributed by atoms with Crippen LogP contribution in [-0.4, -0.2) is 53.0 Å². The first-order valence-corrected chi connectivity index (χ1v) is 5.86. The van der Waals surface area contributed by atoms with Crippen molar-refractivity contribution < 1.29 is 9.47 Å². The Labute approximate surface area is 122 Å². The van der Waals surface area contributed by atoms with Crippen LogP contribution in [0.5, 0.6) is 0 Å². The molecule has 0 aromatic rings. The summed E-state index contributed by atoms with van der Waals surface area (Å²) >= 11 is 0. The summed E-state index contributed by atoms with van der Waals surface area (Å²) in [7, 11) is 3.45. The molecule has 0 aromatic heterocycles. The molecule has 0 bridgehead atoms. The average Bonchev–Trinajstić information content (AvgIpc) is 2.32. The molecule has 0 fully saturated rings. The summed E-state index contributed by atoms with van der Waals surface area (Å²) in [4.78, 5) is 4.11. The molecule has 0 aliphatic carbocycles. The third kappa shape index (κ3) is 13.9. The van der Waals surface area contributed by atoms with Crippen molar-refractivity contribution in [3.8, 4) is 0 Å². The smallest absolute Gasteiger partial charge is 0.190 e. The van der Waals surface area contributed by atoms with E-state index in [1.54, 1.807) is 14.2 Å². The number of guanidine groups is 1. The van der Waals surface area contributed by atoms with E-state index < -0.39 is 0 Å². The summed E-state index contributed by atoms with van der Waals surface area (Å²) in [5.74, 6) is 0.860. The summed E-state index contributed by atoms with van der Waals surface area (Å²) in [6.45, 7) is 6.03. The summed E-state index contributed by atoms with van der Waals surface area (Å²) in [6, 6.07) is 0. The number of rotatable bonds is 9. The molecule has 0 saturated carbocycles. The molecule has 104 valence electrons. The zero-order valence-electron chi connectivity index (χ0n) is 11.1. The molecule has 0 spiro atoms. The molecule has 2 N–H and O–H groups in total. The lowest BCUT2D eigenvalue weighted by Crippen LogP contribution is -2.38. The highest BCUT2D eigenvalue weighted by Gasteiger charge is 1.94. The topological polar surface area (TPSA) is 54.9 Å². The zero-order chi connectivity index (χ0) is 12.1. The normalized spacial score (nSPS) is 10.9. The first kappa shape index (κ1) is 19.3. The van der Waals surface area contributed by atoms with Crippen LogP contribution in [0.4, 0.5) is 0 Å². The highest BCUT2D eigenvalue weighted by molar-refractivity contribution is 14.0. The van der Waals surface area contributed by atoms with Crippen molar-refractivity contribution >= 4 is 29.9 Å². The second-order valence-corrected chi connectivity index (χ2v) is 3.38. The van der Waals surface area contributed by atoms with Crippen LogP contribution in [0, 0.1) is 0 Å². The van der Waals surface area contributed by atoms with Gasteiger partial charge in [-0.15, -0.1) is 24.0 Å². The van der Waals surface area contributed by atoms with Crippen molar-refractivity contribution in [2.45, 2.75) is 19.8 Å². The minimum Gasteiger partial charge on any atom is -0.382 e. The molecular weight excluding hydrogens is 333 g/mol. The second kappa shape index (κ2) is 15.9. The molecule has 0 heterocycles. The van der Waals surface area contributed by atoms with Gasteiger partial charge in [-0.2, -0.15) is 0 Å². The van der Waals surface area contributed by atoms with Gasteiger partial charge in [0.05, 0.1) is 13.2 Å². The highest BCUT2D eigenvalue weighted by Crippen LogP contribution is 1.82. The van der Waals surface area contributed by atoms with E-state index in [0.29, 0.717) is 13.2 Å². The number of nitrogens with one attached hydrogen (secondary N) is 2. The van der Waals surface area contributed by atoms with Gasteiger partial charge < -0.3 is 20.1 Å². The Morgan fingerprint density at radius 2 is 1.82 bits per heavy atom. The first-order chi connectivity index (χ1) is 7.85. The maximum atomic E-state index is 5.35. The van der Waals surface area contributed by atoms with Crippen LogP contribution in [0.3, 0.4) is 0 Å². The molecule has 0 aliphatic rings. The molecule has 17 heavy (non-hydrogen) atoms. The van der Waals surface area contributed by atoms with Crippen LogP contribution in [0.1, 0.15) is 19.8 Å². The van der Waals surface area contributed by atoms with Gasteiger partial charge in [-0.25, -0.2) is 0 Å². The number of aliphatic imine (C=N–C) groups is 1. The van der Waals surface area contributed by atoms with Crippen molar-refractivity contribution in [3.05, 3.63) is 0 Å². The van der Waals surface area contributed by atoms with Gasteiger partial charge in [0.1, 0.15) is 0 Å². The van der Waals surface area contributed by atoms with Gasteiger partial charge in [0.25, 0.3) is 0 Å². The Hall–Kier alpha value is -0.0800. The molecule has 0 amide bonds. The Bertz CT molecular complexity index is 180. The van der Waals surface area contributed by atoms with Crippen LogP contribution < -0.4 is 10.6 Å². The Morgan fingerprint density at radius 3 is 2.41 bits per heavy atom. The summed E-state index contributed by atoms with van der Waals surface area (Å²) in [6.07, 6.45) is 2.07. The highest BCUT2D eigenvalue weighted by atomic mass is 127. The van der Waals surface area contributed by atoms with Crippen LogP contribution in [0.15, 0.2) is 4.99 Å². The number of methoxy groups -OCH3 is 1. The molecule has 6 heteroatoms. The van der Waals surface area contributed by atoms with Crippen LogP contribution in [0.25, 0.3) is 0 Å². The number of hydrogen-bond donors (Lipinski definition) is 2. The fraction of sp³-hybridized carbons (Fsp3) is 0.909. The van der Waals surface area contributed by atoms with Crippen molar-refractivity contribution in [1.29, 1.82) is 0 Å². The van der Waals surface area contributed by atoms with Gasteiger partial charge in [-0.05, 0) is 12.8 Å². The number of hydrogen-bond acceptors (Lipinski definition) is 3. The van der Waals surface area contributed by atoms with Crippen LogP contribution in [-0.2, 0) is 9.47 Å². The maximum absolute atomic E-state index is 5.35. The summed E-state index contributed by atoms with van der Waals surface area (Å²) in [5.41, 5.74) is 0. The molecule has 5 nitrogen and oxygen atoms in total. The predicted octanol–water partition coefficient (Wildman–Crippen LogP) is 1.23. The summed E-state index contributed by atoms with van der Waals surface area (Å²) in [5, 5.41) is 6.43. The number of ether oxygens (including phenoxy) is 2. The van der Waals surface area contributed by atoms with Crippen molar-refractivity contribution in [2.75, 3.05) is 47.1 Å². The molecular formula is C11H26IN3O2. The SMILES string of the molecule is CCCNC(=NC)NCCCOCCOC.I. The molecule has 0 aliphatic heterocycles. The number of nitrogens with zero attached hydrogens (tertiary/aromatic N) is 1. The van der Waals surface area contributed by atoms with E-state index in [0.717, 1.165) is 38.5 Å². The lowest BCUT2D eigenvalue weighted by atomic mass is 10.4. The van der Waals surface area contributed by atoms with E-state index in [4.69, 9.17) is 9.47 Å². The van der Waals surface area contributed by atoms with Crippen LogP contribution in [0.2, 0.25) is 0 Å². The van der Waals surface area contributed by atoms with E-state index >= 15 is 0 Å². The van der Waals surface area contributed by atoms with E-state index in [9.17, 15) is 0 Å². The largest absolute Gasteiger partial charge is 0.382 e. The van der Waals surface area contributed by atoms with Gasteiger partial charge in [-0.3, -0.25) is 4.99 Å². The van der Waals surface area contributed by atoms with Crippen molar-refractivity contribution in [3.63, 3.8) is 0 Å². The minimum atomic E-state index is 0. The maximum Gasteiger partial charge on any atom is 0.190 e. The standard InChI is InChI=1S/C11H25N3O2.HI/c1-4-6-13-11(12-2)14-7-5-8-16-10-9-15-3;/h4-10H2,1-3H3,(H2,12,13,14);1H. The van der Waals surface area contributed by atoms with Gasteiger partial charge in [0.2, 0.25) is 0 Å². The Morgan fingerprint density at radius 1 is 1.12 bits per heavy atom. The Balaban J connectivity index is 0. The molecule has 0 atom stereocenters. The predicted molar refractivity (Wildman–Crippen MR) is 82.4 cm³/mol. The van der Waals surface area contributed by atoms with Gasteiger partial charge in [0, 0.05) is 33.9 Å².